The van der Waals surface area contributed by atoms with Crippen LogP contribution in [-0.4, -0.2) is 11.5 Å². The van der Waals surface area contributed by atoms with E-state index in [1.165, 1.54) is 11.1 Å². The van der Waals surface area contributed by atoms with Crippen molar-refractivity contribution in [3.8, 4) is 0 Å². The molecule has 1 aromatic carbocycles. The van der Waals surface area contributed by atoms with Crippen molar-refractivity contribution < 1.29 is 0 Å². The molecule has 4 heteroatoms. The molecule has 2 rings (SSSR count). The summed E-state index contributed by atoms with van der Waals surface area (Å²) in [4.78, 5) is 6.50. The zero-order valence-electron chi connectivity index (χ0n) is 11.2. The van der Waals surface area contributed by atoms with Crippen LogP contribution in [0.15, 0.2) is 36.4 Å². The summed E-state index contributed by atoms with van der Waals surface area (Å²) in [5, 5.41) is 0.429. The van der Waals surface area contributed by atoms with Crippen LogP contribution in [0.4, 0.5) is 11.5 Å². The van der Waals surface area contributed by atoms with E-state index < -0.39 is 0 Å². The van der Waals surface area contributed by atoms with Crippen LogP contribution in [-0.2, 0) is 6.54 Å². The summed E-state index contributed by atoms with van der Waals surface area (Å²) in [6.45, 7) is 5.86. The lowest BCUT2D eigenvalue weighted by Gasteiger charge is -2.23. The number of aryl methyl sites for hydroxylation is 1. The topological polar surface area (TPSA) is 42.1 Å². The molecule has 0 amide bonds. The maximum atomic E-state index is 5.97. The van der Waals surface area contributed by atoms with Gasteiger partial charge in [-0.3, -0.25) is 0 Å². The molecule has 0 bridgehead atoms. The van der Waals surface area contributed by atoms with E-state index >= 15 is 0 Å². The standard InChI is InChI=1S/C15H18ClN3/c1-3-19(10-12-7-5-4-6-11(12)2)15-9-13(17)8-14(16)18-15/h4-9H,3,10H2,1-2H3,(H2,17,18). The molecule has 1 aromatic heterocycles. The van der Waals surface area contributed by atoms with E-state index in [1.54, 1.807) is 6.07 Å². The van der Waals surface area contributed by atoms with E-state index in [9.17, 15) is 0 Å². The fourth-order valence-corrected chi connectivity index (χ4v) is 2.22. The number of rotatable bonds is 4. The zero-order valence-corrected chi connectivity index (χ0v) is 12.0. The van der Waals surface area contributed by atoms with E-state index in [2.05, 4.69) is 41.9 Å². The largest absolute Gasteiger partial charge is 0.399 e. The minimum atomic E-state index is 0.429. The third kappa shape index (κ3) is 3.38. The first-order valence-electron chi connectivity index (χ1n) is 6.32. The van der Waals surface area contributed by atoms with Crippen molar-refractivity contribution in [3.63, 3.8) is 0 Å². The number of nitrogens with zero attached hydrogens (tertiary/aromatic N) is 2. The molecule has 2 N–H and O–H groups in total. The maximum Gasteiger partial charge on any atom is 0.133 e. The molecule has 2 aromatic rings. The number of hydrogen-bond acceptors (Lipinski definition) is 3. The van der Waals surface area contributed by atoms with Crippen LogP contribution in [0, 0.1) is 6.92 Å². The van der Waals surface area contributed by atoms with Gasteiger partial charge in [0.25, 0.3) is 0 Å². The van der Waals surface area contributed by atoms with Gasteiger partial charge in [-0.15, -0.1) is 0 Å². The molecule has 3 nitrogen and oxygen atoms in total. The molecule has 100 valence electrons. The summed E-state index contributed by atoms with van der Waals surface area (Å²) in [5.41, 5.74) is 9.02. The van der Waals surface area contributed by atoms with Crippen molar-refractivity contribution >= 4 is 23.1 Å². The SMILES string of the molecule is CCN(Cc1ccccc1C)c1cc(N)cc(Cl)n1. The summed E-state index contributed by atoms with van der Waals surface area (Å²) in [7, 11) is 0. The van der Waals surface area contributed by atoms with Gasteiger partial charge in [-0.2, -0.15) is 0 Å². The molecule has 0 fully saturated rings. The first kappa shape index (κ1) is 13.7. The molecule has 0 unspecified atom stereocenters. The van der Waals surface area contributed by atoms with E-state index in [0.29, 0.717) is 10.8 Å². The highest BCUT2D eigenvalue weighted by atomic mass is 35.5. The Bertz CT molecular complexity index is 549. The Morgan fingerprint density at radius 2 is 2.00 bits per heavy atom. The molecule has 19 heavy (non-hydrogen) atoms. The van der Waals surface area contributed by atoms with Gasteiger partial charge in [0.05, 0.1) is 0 Å². The number of hydrogen-bond donors (Lipinski definition) is 1. The van der Waals surface area contributed by atoms with Crippen LogP contribution < -0.4 is 10.6 Å². The second-order valence-electron chi connectivity index (χ2n) is 4.52. The van der Waals surface area contributed by atoms with Gasteiger partial charge in [-0.05, 0) is 31.0 Å². The molecule has 1 heterocycles. The van der Waals surface area contributed by atoms with Crippen LogP contribution >= 0.6 is 11.6 Å². The van der Waals surface area contributed by atoms with Crippen molar-refractivity contribution in [2.45, 2.75) is 20.4 Å². The fraction of sp³-hybridized carbons (Fsp3) is 0.267. The Morgan fingerprint density at radius 1 is 1.26 bits per heavy atom. The molecule has 0 atom stereocenters. The van der Waals surface area contributed by atoms with E-state index in [1.807, 2.05) is 12.1 Å². The molecular weight excluding hydrogens is 258 g/mol. The van der Waals surface area contributed by atoms with Crippen molar-refractivity contribution in [2.75, 3.05) is 17.2 Å². The second kappa shape index (κ2) is 5.93. The molecule has 0 aliphatic carbocycles. The number of halogens is 1. The smallest absolute Gasteiger partial charge is 0.133 e. The quantitative estimate of drug-likeness (QED) is 0.866. The molecule has 0 aliphatic heterocycles. The minimum absolute atomic E-state index is 0.429. The van der Waals surface area contributed by atoms with Gasteiger partial charge < -0.3 is 10.6 Å². The molecule has 0 radical (unpaired) electrons. The van der Waals surface area contributed by atoms with Crippen LogP contribution in [0.1, 0.15) is 18.1 Å². The van der Waals surface area contributed by atoms with Gasteiger partial charge in [0.2, 0.25) is 0 Å². The number of nitrogen functional groups attached to an aromatic ring is 1. The average Bonchev–Trinajstić information content (AvgIpc) is 2.36. The number of aromatic nitrogens is 1. The Hall–Kier alpha value is -1.74. The van der Waals surface area contributed by atoms with E-state index in [0.717, 1.165) is 18.9 Å². The van der Waals surface area contributed by atoms with Crippen LogP contribution in [0.5, 0.6) is 0 Å². The number of nitrogens with two attached hydrogens (primary N) is 1. The van der Waals surface area contributed by atoms with Crippen molar-refractivity contribution in [1.29, 1.82) is 0 Å². The van der Waals surface area contributed by atoms with Crippen LogP contribution in [0.3, 0.4) is 0 Å². The molecule has 0 saturated carbocycles. The van der Waals surface area contributed by atoms with E-state index in [4.69, 9.17) is 17.3 Å². The zero-order chi connectivity index (χ0) is 13.8. The normalized spacial score (nSPS) is 10.5. The van der Waals surface area contributed by atoms with E-state index in [-0.39, 0.29) is 0 Å². The van der Waals surface area contributed by atoms with Gasteiger partial charge >= 0.3 is 0 Å². The third-order valence-corrected chi connectivity index (χ3v) is 3.32. The number of benzene rings is 1. The highest BCUT2D eigenvalue weighted by Crippen LogP contribution is 2.22. The summed E-state index contributed by atoms with van der Waals surface area (Å²) >= 11 is 5.97. The van der Waals surface area contributed by atoms with Crippen molar-refractivity contribution in [2.24, 2.45) is 0 Å². The van der Waals surface area contributed by atoms with Crippen molar-refractivity contribution in [3.05, 3.63) is 52.7 Å². The predicted octanol–water partition coefficient (Wildman–Crippen LogP) is 3.65. The minimum Gasteiger partial charge on any atom is -0.399 e. The Kier molecular flexibility index (Phi) is 4.27. The fourth-order valence-electron chi connectivity index (χ4n) is 2.01. The van der Waals surface area contributed by atoms with Crippen molar-refractivity contribution in [1.82, 2.24) is 4.98 Å². The van der Waals surface area contributed by atoms with Gasteiger partial charge in [0.1, 0.15) is 11.0 Å². The lowest BCUT2D eigenvalue weighted by atomic mass is 10.1. The van der Waals surface area contributed by atoms with Gasteiger partial charge in [0, 0.05) is 24.8 Å². The van der Waals surface area contributed by atoms with Crippen LogP contribution in [0.2, 0.25) is 5.15 Å². The first-order valence-corrected chi connectivity index (χ1v) is 6.70. The first-order chi connectivity index (χ1) is 9.10. The Labute approximate surface area is 119 Å². The maximum absolute atomic E-state index is 5.97. The molecule has 0 aliphatic rings. The van der Waals surface area contributed by atoms with Gasteiger partial charge in [-0.1, -0.05) is 35.9 Å². The second-order valence-corrected chi connectivity index (χ2v) is 4.91. The molecule has 0 spiro atoms. The monoisotopic (exact) mass is 275 g/mol. The molecule has 0 saturated heterocycles. The molecular formula is C15H18ClN3. The summed E-state index contributed by atoms with van der Waals surface area (Å²) < 4.78 is 0. The summed E-state index contributed by atoms with van der Waals surface area (Å²) in [5.74, 6) is 0.816. The highest BCUT2D eigenvalue weighted by molar-refractivity contribution is 6.29. The lowest BCUT2D eigenvalue weighted by Crippen LogP contribution is -2.23. The number of pyridine rings is 1. The third-order valence-electron chi connectivity index (χ3n) is 3.13. The Balaban J connectivity index is 2.28. The van der Waals surface area contributed by atoms with Gasteiger partial charge in [0.15, 0.2) is 0 Å². The summed E-state index contributed by atoms with van der Waals surface area (Å²) in [6.07, 6.45) is 0. The Morgan fingerprint density at radius 3 is 2.63 bits per heavy atom. The highest BCUT2D eigenvalue weighted by Gasteiger charge is 2.09. The lowest BCUT2D eigenvalue weighted by molar-refractivity contribution is 0.810. The van der Waals surface area contributed by atoms with Gasteiger partial charge in [-0.25, -0.2) is 4.98 Å². The summed E-state index contributed by atoms with van der Waals surface area (Å²) in [6, 6.07) is 11.9. The number of anilines is 2. The predicted molar refractivity (Wildman–Crippen MR) is 81.6 cm³/mol. The average molecular weight is 276 g/mol. The van der Waals surface area contributed by atoms with Crippen LogP contribution in [0.25, 0.3) is 0 Å².